The van der Waals surface area contributed by atoms with Crippen molar-refractivity contribution in [2.45, 2.75) is 43.8 Å². The van der Waals surface area contributed by atoms with E-state index < -0.39 is 54.1 Å². The van der Waals surface area contributed by atoms with Gasteiger partial charge in [0.05, 0.1) is 12.5 Å². The molecular weight excluding hydrogens is 398 g/mol. The van der Waals surface area contributed by atoms with Gasteiger partial charge in [-0.05, 0) is 24.1 Å². The highest BCUT2D eigenvalue weighted by atomic mass is 16.4. The monoisotopic (exact) mass is 423 g/mol. The molecule has 3 atom stereocenters. The average Bonchev–Trinajstić information content (AvgIpc) is 2.65. The van der Waals surface area contributed by atoms with Crippen molar-refractivity contribution < 1.29 is 34.2 Å². The number of hydrogen-bond acceptors (Lipinski definition) is 7. The van der Waals surface area contributed by atoms with E-state index in [0.717, 1.165) is 0 Å². The molecule has 164 valence electrons. The topological polar surface area (TPSA) is 228 Å². The van der Waals surface area contributed by atoms with Gasteiger partial charge in [0.25, 0.3) is 0 Å². The van der Waals surface area contributed by atoms with E-state index in [1.165, 1.54) is 24.3 Å². The van der Waals surface area contributed by atoms with Gasteiger partial charge in [0.2, 0.25) is 23.6 Å². The van der Waals surface area contributed by atoms with Crippen LogP contribution in [0.3, 0.4) is 0 Å². The first-order valence-corrected chi connectivity index (χ1v) is 8.93. The normalized spacial score (nSPS) is 13.5. The first-order chi connectivity index (χ1) is 14.0. The molecule has 0 bridgehead atoms. The van der Waals surface area contributed by atoms with Gasteiger partial charge in [-0.2, -0.15) is 0 Å². The van der Waals surface area contributed by atoms with E-state index in [0.29, 0.717) is 5.56 Å². The third-order valence-corrected chi connectivity index (χ3v) is 4.07. The Morgan fingerprint density at radius 2 is 1.47 bits per heavy atom. The summed E-state index contributed by atoms with van der Waals surface area (Å²) < 4.78 is 0. The maximum atomic E-state index is 12.5. The van der Waals surface area contributed by atoms with Gasteiger partial charge < -0.3 is 38.0 Å². The fraction of sp³-hybridized carbons (Fsp3) is 0.389. The highest BCUT2D eigenvalue weighted by molar-refractivity contribution is 5.94. The summed E-state index contributed by atoms with van der Waals surface area (Å²) in [5, 5.41) is 23.2. The predicted molar refractivity (Wildman–Crippen MR) is 104 cm³/mol. The molecule has 12 heteroatoms. The van der Waals surface area contributed by atoms with E-state index >= 15 is 0 Å². The molecule has 1 rings (SSSR count). The Bertz CT molecular complexity index is 797. The molecule has 0 radical (unpaired) electrons. The number of benzene rings is 1. The van der Waals surface area contributed by atoms with Crippen LogP contribution in [0, 0.1) is 0 Å². The molecule has 30 heavy (non-hydrogen) atoms. The summed E-state index contributed by atoms with van der Waals surface area (Å²) in [6, 6.07) is 1.68. The molecule has 12 nitrogen and oxygen atoms in total. The largest absolute Gasteiger partial charge is 0.508 e. The molecule has 0 saturated carbocycles. The van der Waals surface area contributed by atoms with Crippen molar-refractivity contribution in [3.8, 4) is 5.75 Å². The fourth-order valence-corrected chi connectivity index (χ4v) is 2.46. The Balaban J connectivity index is 2.85. The number of phenols is 1. The van der Waals surface area contributed by atoms with Crippen LogP contribution in [-0.2, 0) is 30.4 Å². The summed E-state index contributed by atoms with van der Waals surface area (Å²) in [6.07, 6.45) is -0.942. The number of carboxylic acids is 1. The number of carboxylic acid groups (broad SMARTS) is 1. The minimum absolute atomic E-state index is 0.00781. The number of rotatable bonds is 12. The van der Waals surface area contributed by atoms with E-state index in [4.69, 9.17) is 17.2 Å². The molecule has 0 aliphatic carbocycles. The minimum atomic E-state index is -1.46. The lowest BCUT2D eigenvalue weighted by molar-refractivity contribution is -0.142. The summed E-state index contributed by atoms with van der Waals surface area (Å²) in [5.74, 6) is -4.71. The molecule has 0 aliphatic heterocycles. The Hall–Kier alpha value is -3.67. The molecule has 0 saturated heterocycles. The van der Waals surface area contributed by atoms with E-state index in [2.05, 4.69) is 10.6 Å². The van der Waals surface area contributed by atoms with Crippen LogP contribution in [0.1, 0.15) is 24.8 Å². The molecule has 0 spiro atoms. The van der Waals surface area contributed by atoms with Crippen LogP contribution in [-0.4, -0.2) is 57.9 Å². The van der Waals surface area contributed by atoms with Crippen molar-refractivity contribution in [1.82, 2.24) is 10.6 Å². The summed E-state index contributed by atoms with van der Waals surface area (Å²) in [5.41, 5.74) is 16.2. The molecule has 10 N–H and O–H groups in total. The summed E-state index contributed by atoms with van der Waals surface area (Å²) >= 11 is 0. The number of carbonyl (C=O) groups excluding carboxylic acids is 4. The zero-order valence-corrected chi connectivity index (χ0v) is 16.0. The molecule has 0 unspecified atom stereocenters. The highest BCUT2D eigenvalue weighted by Crippen LogP contribution is 2.11. The van der Waals surface area contributed by atoms with Gasteiger partial charge in [0, 0.05) is 12.8 Å². The van der Waals surface area contributed by atoms with Crippen molar-refractivity contribution in [1.29, 1.82) is 0 Å². The van der Waals surface area contributed by atoms with Gasteiger partial charge in [-0.15, -0.1) is 0 Å². The van der Waals surface area contributed by atoms with Crippen LogP contribution < -0.4 is 27.8 Å². The first-order valence-electron chi connectivity index (χ1n) is 8.93. The molecule has 4 amide bonds. The zero-order chi connectivity index (χ0) is 22.8. The number of phenolic OH excluding ortho intramolecular Hbond substituents is 1. The second-order valence-corrected chi connectivity index (χ2v) is 6.61. The molecule has 0 fully saturated rings. The number of aromatic hydroxyl groups is 1. The summed E-state index contributed by atoms with van der Waals surface area (Å²) in [6.45, 7) is 0. The van der Waals surface area contributed by atoms with Gasteiger partial charge >= 0.3 is 5.97 Å². The number of aliphatic carboxylic acids is 1. The SMILES string of the molecule is NC(=O)CC[C@H](N)C(=O)N[C@@H](CC(N)=O)C(=O)N[C@@H](Cc1ccc(O)cc1)C(=O)O. The van der Waals surface area contributed by atoms with Crippen LogP contribution >= 0.6 is 0 Å². The van der Waals surface area contributed by atoms with Gasteiger partial charge in [-0.1, -0.05) is 12.1 Å². The average molecular weight is 423 g/mol. The van der Waals surface area contributed by atoms with Crippen LogP contribution in [0.5, 0.6) is 5.75 Å². The van der Waals surface area contributed by atoms with Crippen molar-refractivity contribution >= 4 is 29.6 Å². The highest BCUT2D eigenvalue weighted by Gasteiger charge is 2.29. The van der Waals surface area contributed by atoms with Crippen LogP contribution in [0.2, 0.25) is 0 Å². The van der Waals surface area contributed by atoms with Crippen LogP contribution in [0.25, 0.3) is 0 Å². The van der Waals surface area contributed by atoms with Gasteiger partial charge in [0.15, 0.2) is 0 Å². The smallest absolute Gasteiger partial charge is 0.326 e. The van der Waals surface area contributed by atoms with Gasteiger partial charge in [0.1, 0.15) is 17.8 Å². The van der Waals surface area contributed by atoms with E-state index in [9.17, 15) is 34.2 Å². The first kappa shape index (κ1) is 24.4. The molecule has 1 aromatic rings. The Kier molecular flexibility index (Phi) is 9.23. The zero-order valence-electron chi connectivity index (χ0n) is 16.0. The van der Waals surface area contributed by atoms with Crippen LogP contribution in [0.4, 0.5) is 0 Å². The second-order valence-electron chi connectivity index (χ2n) is 6.61. The van der Waals surface area contributed by atoms with E-state index in [1.54, 1.807) is 0 Å². The third kappa shape index (κ3) is 8.56. The predicted octanol–water partition coefficient (Wildman–Crippen LogP) is -2.54. The molecule has 0 heterocycles. The van der Waals surface area contributed by atoms with Crippen LogP contribution in [0.15, 0.2) is 24.3 Å². The fourth-order valence-electron chi connectivity index (χ4n) is 2.46. The van der Waals surface area contributed by atoms with E-state index in [-0.39, 0.29) is 25.0 Å². The number of nitrogens with one attached hydrogen (secondary N) is 2. The molecule has 0 aliphatic rings. The number of primary amides is 2. The lowest BCUT2D eigenvalue weighted by Gasteiger charge is -2.22. The molecular formula is C18H25N5O7. The number of carbonyl (C=O) groups is 5. The summed E-state index contributed by atoms with van der Waals surface area (Å²) in [4.78, 5) is 58.2. The second kappa shape index (κ2) is 11.4. The number of amides is 4. The summed E-state index contributed by atoms with van der Waals surface area (Å²) in [7, 11) is 0. The van der Waals surface area contributed by atoms with Gasteiger partial charge in [-0.25, -0.2) is 4.79 Å². The quantitative estimate of drug-likeness (QED) is 0.189. The van der Waals surface area contributed by atoms with Crippen molar-refractivity contribution in [2.75, 3.05) is 0 Å². The minimum Gasteiger partial charge on any atom is -0.508 e. The maximum absolute atomic E-state index is 12.5. The Morgan fingerprint density at radius 1 is 0.900 bits per heavy atom. The van der Waals surface area contributed by atoms with E-state index in [1.807, 2.05) is 0 Å². The standard InChI is InChI=1S/C18H25N5O7/c19-11(5-6-14(20)25)16(27)22-12(8-15(21)26)17(28)23-13(18(29)30)7-9-1-3-10(24)4-2-9/h1-4,11-13,24H,5-8,19H2,(H2,20,25)(H2,21,26)(H,22,27)(H,23,28)(H,29,30)/t11-,12-,13-/m0/s1. The number of hydrogen-bond donors (Lipinski definition) is 7. The third-order valence-electron chi connectivity index (χ3n) is 4.07. The van der Waals surface area contributed by atoms with Crippen molar-refractivity contribution in [3.05, 3.63) is 29.8 Å². The van der Waals surface area contributed by atoms with Gasteiger partial charge in [-0.3, -0.25) is 19.2 Å². The lowest BCUT2D eigenvalue weighted by atomic mass is 10.0. The maximum Gasteiger partial charge on any atom is 0.326 e. The Morgan fingerprint density at radius 3 is 1.97 bits per heavy atom. The molecule has 1 aromatic carbocycles. The van der Waals surface area contributed by atoms with Crippen molar-refractivity contribution in [3.63, 3.8) is 0 Å². The van der Waals surface area contributed by atoms with Crippen molar-refractivity contribution in [2.24, 2.45) is 17.2 Å². The molecule has 0 aromatic heterocycles. The Labute approximate surface area is 171 Å². The number of nitrogens with two attached hydrogens (primary N) is 3. The lowest BCUT2D eigenvalue weighted by Crippen LogP contribution is -2.55.